The lowest BCUT2D eigenvalue weighted by atomic mass is 10.1. The van der Waals surface area contributed by atoms with Gasteiger partial charge in [-0.1, -0.05) is 67.4 Å². The van der Waals surface area contributed by atoms with Crippen molar-refractivity contribution in [2.24, 2.45) is 0 Å². The smallest absolute Gasteiger partial charge is 0.140 e. The van der Waals surface area contributed by atoms with Gasteiger partial charge in [0.15, 0.2) is 0 Å². The van der Waals surface area contributed by atoms with E-state index in [0.717, 1.165) is 18.4 Å². The molecule has 0 heterocycles. The van der Waals surface area contributed by atoms with E-state index in [1.165, 1.54) is 6.42 Å². The van der Waals surface area contributed by atoms with Crippen molar-refractivity contribution >= 4 is 0 Å². The highest BCUT2D eigenvalue weighted by Gasteiger charge is 1.99. The largest absolute Gasteiger partial charge is 0.376 e. The van der Waals surface area contributed by atoms with Crippen molar-refractivity contribution in [1.82, 2.24) is 0 Å². The van der Waals surface area contributed by atoms with Gasteiger partial charge in [0.25, 0.3) is 0 Å². The van der Waals surface area contributed by atoms with Gasteiger partial charge in [0, 0.05) is 6.42 Å². The molecule has 1 aromatic rings. The molecule has 1 nitrogen and oxygen atoms in total. The first-order valence-electron chi connectivity index (χ1n) is 6.22. The summed E-state index contributed by atoms with van der Waals surface area (Å²) in [6, 6.07) is 9.39. The highest BCUT2D eigenvalue weighted by molar-refractivity contribution is 5.30. The second-order valence-electron chi connectivity index (χ2n) is 3.86. The normalized spacial score (nSPS) is 11.2. The average Bonchev–Trinajstić information content (AvgIpc) is 2.42. The fraction of sp³-hybridized carbons (Fsp3) is 0.294. The monoisotopic (exact) mass is 238 g/mol. The van der Waals surface area contributed by atoms with Gasteiger partial charge in [0.05, 0.1) is 0 Å². The van der Waals surface area contributed by atoms with Gasteiger partial charge >= 0.3 is 0 Å². The predicted octanol–water partition coefficient (Wildman–Crippen LogP) is 3.47. The molecule has 0 saturated carbocycles. The third-order valence-electron chi connectivity index (χ3n) is 2.34. The summed E-state index contributed by atoms with van der Waals surface area (Å²) < 4.78 is 0. The topological polar surface area (TPSA) is 20.2 Å². The summed E-state index contributed by atoms with van der Waals surface area (Å²) in [7, 11) is 0. The number of unbranched alkanes of at least 4 members (excludes halogenated alkanes) is 2. The van der Waals surface area contributed by atoms with Crippen LogP contribution in [0.3, 0.4) is 0 Å². The standard InChI is InChI=1S/C17H18O/c1-2-3-4-5-6-7-8-12-15-17(18)16-13-10-9-11-14-16/h7-11,13-14,17-18H,2-4H2,1H3/b8-7-. The minimum absolute atomic E-state index is 0.732. The fourth-order valence-corrected chi connectivity index (χ4v) is 1.33. The highest BCUT2D eigenvalue weighted by Crippen LogP contribution is 2.09. The summed E-state index contributed by atoms with van der Waals surface area (Å²) in [4.78, 5) is 0. The Morgan fingerprint density at radius 1 is 1.17 bits per heavy atom. The second kappa shape index (κ2) is 9.11. The van der Waals surface area contributed by atoms with E-state index < -0.39 is 6.10 Å². The molecule has 1 atom stereocenters. The molecule has 0 saturated heterocycles. The molecular formula is C17H18O. The Bertz CT molecular complexity index is 477. The summed E-state index contributed by atoms with van der Waals surface area (Å²) in [5.41, 5.74) is 0.812. The molecule has 1 N–H and O–H groups in total. The fourth-order valence-electron chi connectivity index (χ4n) is 1.33. The number of hydrogen-bond donors (Lipinski definition) is 1. The minimum Gasteiger partial charge on any atom is -0.376 e. The molecule has 0 aliphatic rings. The third kappa shape index (κ3) is 5.94. The van der Waals surface area contributed by atoms with E-state index in [9.17, 15) is 5.11 Å². The summed E-state index contributed by atoms with van der Waals surface area (Å²) in [6.07, 6.45) is 5.90. The molecule has 0 amide bonds. The van der Waals surface area contributed by atoms with Gasteiger partial charge < -0.3 is 5.11 Å². The second-order valence-corrected chi connectivity index (χ2v) is 3.86. The highest BCUT2D eigenvalue weighted by atomic mass is 16.3. The SMILES string of the molecule is CCCCC#C/C=C\C#CC(O)c1ccccc1. The van der Waals surface area contributed by atoms with E-state index in [2.05, 4.69) is 30.6 Å². The van der Waals surface area contributed by atoms with Crippen LogP contribution < -0.4 is 0 Å². The van der Waals surface area contributed by atoms with Crippen LogP contribution in [0.15, 0.2) is 42.5 Å². The van der Waals surface area contributed by atoms with E-state index >= 15 is 0 Å². The van der Waals surface area contributed by atoms with E-state index in [4.69, 9.17) is 0 Å². The maximum absolute atomic E-state index is 9.75. The van der Waals surface area contributed by atoms with Crippen LogP contribution in [0.4, 0.5) is 0 Å². The molecular weight excluding hydrogens is 220 g/mol. The lowest BCUT2D eigenvalue weighted by Gasteiger charge is -2.01. The Morgan fingerprint density at radius 3 is 2.61 bits per heavy atom. The van der Waals surface area contributed by atoms with Crippen LogP contribution in [0, 0.1) is 23.7 Å². The minimum atomic E-state index is -0.732. The first kappa shape index (κ1) is 14.1. The summed E-state index contributed by atoms with van der Waals surface area (Å²) in [5, 5.41) is 9.75. The predicted molar refractivity (Wildman–Crippen MR) is 75.6 cm³/mol. The molecule has 92 valence electrons. The quantitative estimate of drug-likeness (QED) is 0.631. The molecule has 0 bridgehead atoms. The molecule has 0 fully saturated rings. The van der Waals surface area contributed by atoms with Crippen molar-refractivity contribution in [3.8, 4) is 23.7 Å². The van der Waals surface area contributed by atoms with E-state index in [-0.39, 0.29) is 0 Å². The van der Waals surface area contributed by atoms with E-state index in [1.54, 1.807) is 12.2 Å². The van der Waals surface area contributed by atoms with Crippen LogP contribution >= 0.6 is 0 Å². The van der Waals surface area contributed by atoms with Gasteiger partial charge in [-0.3, -0.25) is 0 Å². The average molecular weight is 238 g/mol. The van der Waals surface area contributed by atoms with Crippen LogP contribution in [0.25, 0.3) is 0 Å². The molecule has 1 heteroatoms. The number of rotatable bonds is 3. The number of allylic oxidation sites excluding steroid dienone is 2. The van der Waals surface area contributed by atoms with Gasteiger partial charge in [0.2, 0.25) is 0 Å². The van der Waals surface area contributed by atoms with E-state index in [1.807, 2.05) is 30.3 Å². The van der Waals surface area contributed by atoms with Gasteiger partial charge in [0.1, 0.15) is 6.10 Å². The van der Waals surface area contributed by atoms with Crippen LogP contribution in [0.2, 0.25) is 0 Å². The van der Waals surface area contributed by atoms with E-state index in [0.29, 0.717) is 0 Å². The molecule has 0 aromatic heterocycles. The van der Waals surface area contributed by atoms with Crippen molar-refractivity contribution in [3.05, 3.63) is 48.0 Å². The van der Waals surface area contributed by atoms with Crippen LogP contribution in [-0.2, 0) is 0 Å². The molecule has 1 unspecified atom stereocenters. The first-order chi connectivity index (χ1) is 8.84. The summed E-state index contributed by atoms with van der Waals surface area (Å²) >= 11 is 0. The van der Waals surface area contributed by atoms with Gasteiger partial charge in [-0.05, 0) is 24.1 Å². The number of aliphatic hydroxyl groups is 1. The lowest BCUT2D eigenvalue weighted by molar-refractivity contribution is 0.238. The van der Waals surface area contributed by atoms with Crippen molar-refractivity contribution in [2.45, 2.75) is 32.3 Å². The maximum Gasteiger partial charge on any atom is 0.140 e. The molecule has 0 radical (unpaired) electrons. The Balaban J connectivity index is 2.41. The zero-order valence-electron chi connectivity index (χ0n) is 10.7. The third-order valence-corrected chi connectivity index (χ3v) is 2.34. The molecule has 0 aliphatic heterocycles. The van der Waals surface area contributed by atoms with Gasteiger partial charge in [-0.15, -0.1) is 0 Å². The Morgan fingerprint density at radius 2 is 1.89 bits per heavy atom. The zero-order valence-corrected chi connectivity index (χ0v) is 10.7. The summed E-state index contributed by atoms with van der Waals surface area (Å²) in [6.45, 7) is 2.15. The Kier molecular flexibility index (Phi) is 7.14. The van der Waals surface area contributed by atoms with Crippen LogP contribution in [0.5, 0.6) is 0 Å². The lowest BCUT2D eigenvalue weighted by Crippen LogP contribution is -1.91. The van der Waals surface area contributed by atoms with Crippen molar-refractivity contribution in [3.63, 3.8) is 0 Å². The van der Waals surface area contributed by atoms with Crippen molar-refractivity contribution in [2.75, 3.05) is 0 Å². The number of benzene rings is 1. The molecule has 1 rings (SSSR count). The number of aliphatic hydroxyl groups excluding tert-OH is 1. The maximum atomic E-state index is 9.75. The zero-order chi connectivity index (χ0) is 13.1. The van der Waals surface area contributed by atoms with Crippen LogP contribution in [-0.4, -0.2) is 5.11 Å². The van der Waals surface area contributed by atoms with Crippen molar-refractivity contribution in [1.29, 1.82) is 0 Å². The Labute approximate surface area is 110 Å². The molecule has 0 aliphatic carbocycles. The van der Waals surface area contributed by atoms with Crippen molar-refractivity contribution < 1.29 is 5.11 Å². The van der Waals surface area contributed by atoms with Gasteiger partial charge in [-0.25, -0.2) is 0 Å². The first-order valence-corrected chi connectivity index (χ1v) is 6.22. The Hall–Kier alpha value is -1.96. The van der Waals surface area contributed by atoms with Crippen LogP contribution in [0.1, 0.15) is 37.9 Å². The summed E-state index contributed by atoms with van der Waals surface area (Å²) in [5.74, 6) is 11.5. The molecule has 18 heavy (non-hydrogen) atoms. The van der Waals surface area contributed by atoms with Gasteiger partial charge in [-0.2, -0.15) is 0 Å². The molecule has 1 aromatic carbocycles. The number of hydrogen-bond acceptors (Lipinski definition) is 1. The molecule has 0 spiro atoms.